The summed E-state index contributed by atoms with van der Waals surface area (Å²) < 4.78 is 3.45. The Morgan fingerprint density at radius 2 is 1.67 bits per heavy atom. The minimum absolute atomic E-state index is 0.0208. The first-order valence-electron chi connectivity index (χ1n) is 1.84. The molecule has 0 aromatic rings. The Morgan fingerprint density at radius 3 is 1.67 bits per heavy atom. The van der Waals surface area contributed by atoms with Gasteiger partial charge in [-0.3, -0.25) is 14.4 Å². The molecule has 52 valence electrons. The summed E-state index contributed by atoms with van der Waals surface area (Å²) in [5, 5.41) is 0. The first-order valence-corrected chi connectivity index (χ1v) is 2.63. The molecule has 0 atom stereocenters. The summed E-state index contributed by atoms with van der Waals surface area (Å²) in [7, 11) is 0. The molecule has 0 spiro atoms. The van der Waals surface area contributed by atoms with E-state index in [9.17, 15) is 4.79 Å². The lowest BCUT2D eigenvalue weighted by atomic mass is 11.0. The van der Waals surface area contributed by atoms with Gasteiger partial charge in [0.05, 0.1) is 0 Å². The fourth-order valence-corrected chi connectivity index (χ4v) is 0.0227. The van der Waals surface area contributed by atoms with E-state index in [2.05, 4.69) is 20.7 Å². The van der Waals surface area contributed by atoms with Crippen molar-refractivity contribution in [2.75, 3.05) is 0 Å². The van der Waals surface area contributed by atoms with Crippen molar-refractivity contribution in [1.82, 2.24) is 0 Å². The van der Waals surface area contributed by atoms with Crippen LogP contribution in [0.4, 0.5) is 0 Å². The quantitative estimate of drug-likeness (QED) is 0.361. The average molecular weight is 197 g/mol. The number of carbonyl (C=O) groups excluding carboxylic acids is 3. The van der Waals surface area contributed by atoms with Crippen LogP contribution < -0.4 is 0 Å². The van der Waals surface area contributed by atoms with Crippen molar-refractivity contribution in [3.63, 3.8) is 0 Å². The Labute approximate surface area is 60.3 Å². The van der Waals surface area contributed by atoms with Gasteiger partial charge in [0.2, 0.25) is 0 Å². The molecule has 0 bridgehead atoms. The van der Waals surface area contributed by atoms with Crippen LogP contribution in [-0.4, -0.2) is 17.6 Å². The average Bonchev–Trinajstić information content (AvgIpc) is 1.66. The van der Waals surface area contributed by atoms with Crippen molar-refractivity contribution in [3.8, 4) is 0 Å². The lowest BCUT2D eigenvalue weighted by molar-refractivity contribution is -0.141. The van der Waals surface area contributed by atoms with Gasteiger partial charge in [0.25, 0.3) is 0 Å². The second-order valence-electron chi connectivity index (χ2n) is 0.799. The molecule has 0 aliphatic carbocycles. The number of hydrogen-bond donors (Lipinski definition) is 0. The number of rotatable bonds is 2. The van der Waals surface area contributed by atoms with Gasteiger partial charge in [0.15, 0.2) is 4.69 Å². The summed E-state index contributed by atoms with van der Waals surface area (Å²) in [6, 6.07) is 0. The standard InChI is InChI=1S/C2H3BrO.C2H2O3/c1-2(3)4;3-1-5-2-4/h1H3;1-2H. The largest absolute Gasteiger partial charge is 0.398 e. The number of ether oxygens (including phenoxy) is 1. The molecule has 0 aliphatic rings. The lowest BCUT2D eigenvalue weighted by Gasteiger charge is -1.65. The van der Waals surface area contributed by atoms with Crippen LogP contribution in [0.3, 0.4) is 0 Å². The van der Waals surface area contributed by atoms with E-state index < -0.39 is 0 Å². The monoisotopic (exact) mass is 196 g/mol. The van der Waals surface area contributed by atoms with Crippen LogP contribution in [0.15, 0.2) is 0 Å². The van der Waals surface area contributed by atoms with Crippen LogP contribution in [0.5, 0.6) is 0 Å². The molecule has 0 amide bonds. The van der Waals surface area contributed by atoms with Crippen molar-refractivity contribution < 1.29 is 19.1 Å². The zero-order chi connectivity index (χ0) is 7.70. The van der Waals surface area contributed by atoms with Crippen LogP contribution in [-0.2, 0) is 19.1 Å². The SMILES string of the molecule is CC(=O)Br.O=COC=O. The molecule has 5 heteroatoms. The molecular formula is C4H5BrO4. The molecule has 9 heavy (non-hydrogen) atoms. The summed E-state index contributed by atoms with van der Waals surface area (Å²) in [4.78, 5) is 27.3. The third kappa shape index (κ3) is 123. The van der Waals surface area contributed by atoms with E-state index in [0.717, 1.165) is 0 Å². The van der Waals surface area contributed by atoms with Gasteiger partial charge in [0.1, 0.15) is 0 Å². The highest BCUT2D eigenvalue weighted by Gasteiger charge is 1.66. The van der Waals surface area contributed by atoms with Crippen molar-refractivity contribution in [1.29, 1.82) is 0 Å². The molecule has 0 heterocycles. The maximum Gasteiger partial charge on any atom is 0.300 e. The minimum Gasteiger partial charge on any atom is -0.398 e. The number of carbonyl (C=O) groups is 3. The zero-order valence-electron chi connectivity index (χ0n) is 4.67. The van der Waals surface area contributed by atoms with Gasteiger partial charge >= 0.3 is 12.9 Å². The Hall–Kier alpha value is -0.710. The van der Waals surface area contributed by atoms with Crippen LogP contribution >= 0.6 is 15.9 Å². The third-order valence-electron chi connectivity index (χ3n) is 0.111. The first-order chi connectivity index (χ1) is 4.15. The smallest absolute Gasteiger partial charge is 0.300 e. The van der Waals surface area contributed by atoms with Gasteiger partial charge < -0.3 is 4.74 Å². The Kier molecular flexibility index (Phi) is 12.8. The van der Waals surface area contributed by atoms with E-state index in [1.165, 1.54) is 6.92 Å². The molecular weight excluding hydrogens is 192 g/mol. The number of halogens is 1. The van der Waals surface area contributed by atoms with E-state index in [4.69, 9.17) is 9.59 Å². The highest BCUT2D eigenvalue weighted by molar-refractivity contribution is 9.18. The summed E-state index contributed by atoms with van der Waals surface area (Å²) in [6.07, 6.45) is 0. The normalized spacial score (nSPS) is 6.00. The van der Waals surface area contributed by atoms with Gasteiger partial charge in [-0.1, -0.05) is 0 Å². The Balaban J connectivity index is 0. The lowest BCUT2D eigenvalue weighted by Crippen LogP contribution is -1.77. The van der Waals surface area contributed by atoms with Gasteiger partial charge in [-0.15, -0.1) is 0 Å². The summed E-state index contributed by atoms with van der Waals surface area (Å²) in [5.74, 6) is 0. The van der Waals surface area contributed by atoms with Crippen molar-refractivity contribution in [2.24, 2.45) is 0 Å². The second kappa shape index (κ2) is 10.3. The third-order valence-corrected chi connectivity index (χ3v) is 0.111. The molecule has 0 N–H and O–H groups in total. The fraction of sp³-hybridized carbons (Fsp3) is 0.250. The summed E-state index contributed by atoms with van der Waals surface area (Å²) >= 11 is 2.63. The van der Waals surface area contributed by atoms with E-state index in [0.29, 0.717) is 0 Å². The molecule has 0 aliphatic heterocycles. The fourth-order valence-electron chi connectivity index (χ4n) is 0.0227. The highest BCUT2D eigenvalue weighted by Crippen LogP contribution is 1.74. The van der Waals surface area contributed by atoms with Crippen molar-refractivity contribution in [3.05, 3.63) is 0 Å². The number of hydrogen-bond acceptors (Lipinski definition) is 4. The highest BCUT2D eigenvalue weighted by atomic mass is 79.9. The predicted molar refractivity (Wildman–Crippen MR) is 32.8 cm³/mol. The second-order valence-corrected chi connectivity index (χ2v) is 1.92. The zero-order valence-corrected chi connectivity index (χ0v) is 6.25. The molecule has 0 radical (unpaired) electrons. The van der Waals surface area contributed by atoms with Gasteiger partial charge in [-0.25, -0.2) is 0 Å². The maximum atomic E-state index is 9.36. The van der Waals surface area contributed by atoms with Gasteiger partial charge in [-0.2, -0.15) is 0 Å². The molecule has 0 rings (SSSR count). The summed E-state index contributed by atoms with van der Waals surface area (Å²) in [5.41, 5.74) is 0. The van der Waals surface area contributed by atoms with E-state index in [1.807, 2.05) is 0 Å². The van der Waals surface area contributed by atoms with Gasteiger partial charge in [0, 0.05) is 6.92 Å². The van der Waals surface area contributed by atoms with Gasteiger partial charge in [-0.05, 0) is 15.9 Å². The first kappa shape index (κ1) is 11.1. The van der Waals surface area contributed by atoms with Crippen LogP contribution in [0.1, 0.15) is 6.92 Å². The molecule has 0 aromatic carbocycles. The molecule has 0 saturated heterocycles. The molecule has 0 saturated carbocycles. The van der Waals surface area contributed by atoms with Crippen molar-refractivity contribution in [2.45, 2.75) is 6.92 Å². The molecule has 0 unspecified atom stereocenters. The van der Waals surface area contributed by atoms with Crippen molar-refractivity contribution >= 4 is 33.6 Å². The Morgan fingerprint density at radius 1 is 1.44 bits per heavy atom. The molecule has 4 nitrogen and oxygen atoms in total. The van der Waals surface area contributed by atoms with Crippen LogP contribution in [0, 0.1) is 0 Å². The van der Waals surface area contributed by atoms with E-state index in [1.54, 1.807) is 0 Å². The minimum atomic E-state index is -0.0208. The van der Waals surface area contributed by atoms with E-state index in [-0.39, 0.29) is 17.6 Å². The van der Waals surface area contributed by atoms with E-state index >= 15 is 0 Å². The van der Waals surface area contributed by atoms with Crippen LogP contribution in [0.2, 0.25) is 0 Å². The molecule has 0 fully saturated rings. The predicted octanol–water partition coefficient (Wildman–Crippen LogP) is 0.244. The summed E-state index contributed by atoms with van der Waals surface area (Å²) in [6.45, 7) is 1.57. The van der Waals surface area contributed by atoms with Crippen LogP contribution in [0.25, 0.3) is 0 Å². The topological polar surface area (TPSA) is 60.4 Å². The molecule has 0 aromatic heterocycles. The Bertz CT molecular complexity index is 90.7. The maximum absolute atomic E-state index is 9.36.